The number of aryl methyl sites for hydroxylation is 2. The van der Waals surface area contributed by atoms with Crippen LogP contribution in [0.5, 0.6) is 0 Å². The zero-order valence-corrected chi connectivity index (χ0v) is 15.5. The molecule has 1 aromatic heterocycles. The lowest BCUT2D eigenvalue weighted by Crippen LogP contribution is -2.67. The summed E-state index contributed by atoms with van der Waals surface area (Å²) in [6.45, 7) is 2.96. The Balaban J connectivity index is 1.51. The first-order valence-corrected chi connectivity index (χ1v) is 9.56. The molecular formula is C20H24N4O3. The second-order valence-electron chi connectivity index (χ2n) is 7.58. The summed E-state index contributed by atoms with van der Waals surface area (Å²) in [6.07, 6.45) is 6.31. The van der Waals surface area contributed by atoms with E-state index in [-0.39, 0.29) is 17.3 Å². The van der Waals surface area contributed by atoms with Gasteiger partial charge >= 0.3 is 5.82 Å². The number of carbonyl (C=O) groups excluding carboxylic acids is 1. The van der Waals surface area contributed by atoms with E-state index in [1.165, 1.54) is 24.6 Å². The molecule has 4 rings (SSSR count). The third-order valence-electron chi connectivity index (χ3n) is 6.21. The Labute approximate surface area is 158 Å². The number of fused-ring (bicyclic) bond motifs is 1. The maximum atomic E-state index is 13.0. The Morgan fingerprint density at radius 1 is 1.33 bits per heavy atom. The van der Waals surface area contributed by atoms with Crippen LogP contribution >= 0.6 is 0 Å². The predicted molar refractivity (Wildman–Crippen MR) is 100 cm³/mol. The summed E-state index contributed by atoms with van der Waals surface area (Å²) in [7, 11) is 0. The topological polar surface area (TPSA) is 81.3 Å². The molecule has 7 heteroatoms. The molecule has 1 amide bonds. The van der Waals surface area contributed by atoms with E-state index in [9.17, 15) is 14.9 Å². The number of carbonyl (C=O) groups is 1. The Morgan fingerprint density at radius 2 is 2.11 bits per heavy atom. The first kappa shape index (κ1) is 17.7. The van der Waals surface area contributed by atoms with E-state index in [0.29, 0.717) is 24.7 Å². The van der Waals surface area contributed by atoms with Crippen LogP contribution < -0.4 is 0 Å². The van der Waals surface area contributed by atoms with Crippen LogP contribution in [0.25, 0.3) is 0 Å². The highest BCUT2D eigenvalue weighted by atomic mass is 16.6. The van der Waals surface area contributed by atoms with Crippen molar-refractivity contribution in [2.75, 3.05) is 6.54 Å². The number of hydrogen-bond acceptors (Lipinski definition) is 4. The van der Waals surface area contributed by atoms with Crippen molar-refractivity contribution in [2.45, 2.75) is 51.1 Å². The molecule has 1 saturated carbocycles. The van der Waals surface area contributed by atoms with E-state index >= 15 is 0 Å². The van der Waals surface area contributed by atoms with Crippen molar-refractivity contribution in [1.29, 1.82) is 0 Å². The standard InChI is InChI=1S/C20H24N4O3/c1-15-21-18(24(26)27)14-22(15)12-10-19(25)23-13-17-9-5-6-11-20(17,23)16-7-3-2-4-8-16/h2-4,7-8,14,17H,5-6,9-13H2,1H3/t17-,20+/m0/s1. The highest BCUT2D eigenvalue weighted by Crippen LogP contribution is 2.53. The number of rotatable bonds is 5. The summed E-state index contributed by atoms with van der Waals surface area (Å²) in [5, 5.41) is 10.9. The largest absolute Gasteiger partial charge is 0.381 e. The maximum Gasteiger partial charge on any atom is 0.381 e. The number of likely N-dealkylation sites (tertiary alicyclic amines) is 1. The van der Waals surface area contributed by atoms with Crippen LogP contribution in [0.3, 0.4) is 0 Å². The van der Waals surface area contributed by atoms with Gasteiger partial charge in [0.05, 0.1) is 5.54 Å². The van der Waals surface area contributed by atoms with E-state index in [0.717, 1.165) is 19.4 Å². The predicted octanol–water partition coefficient (Wildman–Crippen LogP) is 3.42. The Morgan fingerprint density at radius 3 is 2.78 bits per heavy atom. The fraction of sp³-hybridized carbons (Fsp3) is 0.500. The number of imidazole rings is 1. The molecule has 0 radical (unpaired) electrons. The Bertz CT molecular complexity index is 863. The van der Waals surface area contributed by atoms with E-state index in [1.54, 1.807) is 11.5 Å². The van der Waals surface area contributed by atoms with Gasteiger partial charge in [-0.2, -0.15) is 0 Å². The van der Waals surface area contributed by atoms with Gasteiger partial charge in [0.25, 0.3) is 0 Å². The molecule has 2 aromatic rings. The van der Waals surface area contributed by atoms with Gasteiger partial charge in [-0.25, -0.2) is 0 Å². The average molecular weight is 368 g/mol. The Hall–Kier alpha value is -2.70. The molecule has 0 bridgehead atoms. The molecule has 7 nitrogen and oxygen atoms in total. The monoisotopic (exact) mass is 368 g/mol. The van der Waals surface area contributed by atoms with Crippen molar-refractivity contribution < 1.29 is 9.72 Å². The molecule has 1 saturated heterocycles. The minimum absolute atomic E-state index is 0.118. The van der Waals surface area contributed by atoms with Crippen LogP contribution in [0.1, 0.15) is 43.5 Å². The van der Waals surface area contributed by atoms with Crippen molar-refractivity contribution in [3.8, 4) is 0 Å². The summed E-state index contributed by atoms with van der Waals surface area (Å²) in [6, 6.07) is 10.4. The smallest absolute Gasteiger partial charge is 0.358 e. The number of nitro groups is 1. The average Bonchev–Trinajstić information content (AvgIpc) is 3.03. The fourth-order valence-corrected chi connectivity index (χ4v) is 4.84. The maximum absolute atomic E-state index is 13.0. The normalized spacial score (nSPS) is 24.2. The van der Waals surface area contributed by atoms with Crippen LogP contribution in [-0.4, -0.2) is 31.8 Å². The zero-order valence-electron chi connectivity index (χ0n) is 15.5. The van der Waals surface area contributed by atoms with Crippen molar-refractivity contribution in [3.05, 3.63) is 58.0 Å². The zero-order chi connectivity index (χ0) is 19.0. The molecule has 1 aliphatic heterocycles. The number of hydrogen-bond donors (Lipinski definition) is 0. The van der Waals surface area contributed by atoms with Crippen molar-refractivity contribution in [1.82, 2.24) is 14.5 Å². The molecule has 1 aromatic carbocycles. The molecule has 2 fully saturated rings. The first-order chi connectivity index (χ1) is 13.0. The first-order valence-electron chi connectivity index (χ1n) is 9.56. The molecule has 2 heterocycles. The van der Waals surface area contributed by atoms with Crippen LogP contribution in [-0.2, 0) is 16.9 Å². The molecule has 0 spiro atoms. The van der Waals surface area contributed by atoms with Crippen molar-refractivity contribution in [3.63, 3.8) is 0 Å². The molecule has 2 aliphatic rings. The van der Waals surface area contributed by atoms with Gasteiger partial charge in [0.15, 0.2) is 0 Å². The van der Waals surface area contributed by atoms with Crippen LogP contribution in [0.2, 0.25) is 0 Å². The van der Waals surface area contributed by atoms with Crippen molar-refractivity contribution >= 4 is 11.7 Å². The van der Waals surface area contributed by atoms with Gasteiger partial charge in [-0.3, -0.25) is 4.79 Å². The summed E-state index contributed by atoms with van der Waals surface area (Å²) >= 11 is 0. The SMILES string of the molecule is Cc1nc([N+](=O)[O-])cn1CCC(=O)N1C[C@@H]2CCCC[C@@]21c1ccccc1. The van der Waals surface area contributed by atoms with Gasteiger partial charge < -0.3 is 19.6 Å². The van der Waals surface area contributed by atoms with Gasteiger partial charge in [0.1, 0.15) is 6.20 Å². The molecule has 0 unspecified atom stereocenters. The summed E-state index contributed by atoms with van der Waals surface area (Å²) in [5.41, 5.74) is 1.08. The third-order valence-corrected chi connectivity index (χ3v) is 6.21. The summed E-state index contributed by atoms with van der Waals surface area (Å²) < 4.78 is 1.70. The quantitative estimate of drug-likeness (QED) is 0.598. The highest BCUT2D eigenvalue weighted by molar-refractivity contribution is 5.78. The van der Waals surface area contributed by atoms with Crippen LogP contribution in [0, 0.1) is 23.0 Å². The second kappa shape index (κ2) is 6.79. The Kier molecular flexibility index (Phi) is 4.45. The lowest BCUT2D eigenvalue weighted by molar-refractivity contribution is -0.389. The highest BCUT2D eigenvalue weighted by Gasteiger charge is 2.56. The lowest BCUT2D eigenvalue weighted by Gasteiger charge is -2.61. The van der Waals surface area contributed by atoms with Gasteiger partial charge in [0.2, 0.25) is 11.7 Å². The van der Waals surface area contributed by atoms with Gasteiger partial charge in [0, 0.05) is 32.4 Å². The van der Waals surface area contributed by atoms with E-state index in [4.69, 9.17) is 0 Å². The van der Waals surface area contributed by atoms with Crippen LogP contribution in [0.15, 0.2) is 36.5 Å². The molecular weight excluding hydrogens is 344 g/mol. The van der Waals surface area contributed by atoms with Gasteiger partial charge in [-0.1, -0.05) is 43.2 Å². The van der Waals surface area contributed by atoms with E-state index in [1.807, 2.05) is 23.1 Å². The minimum atomic E-state index is -0.502. The molecule has 142 valence electrons. The summed E-state index contributed by atoms with van der Waals surface area (Å²) in [5.74, 6) is 1.05. The number of nitrogens with zero attached hydrogens (tertiary/aromatic N) is 4. The minimum Gasteiger partial charge on any atom is -0.358 e. The van der Waals surface area contributed by atoms with Gasteiger partial charge in [-0.05, 0) is 28.3 Å². The molecule has 2 atom stereocenters. The van der Waals surface area contributed by atoms with Gasteiger partial charge in [-0.15, -0.1) is 0 Å². The second-order valence-corrected chi connectivity index (χ2v) is 7.58. The number of aromatic nitrogens is 2. The van der Waals surface area contributed by atoms with Crippen LogP contribution in [0.4, 0.5) is 5.82 Å². The van der Waals surface area contributed by atoms with Crippen molar-refractivity contribution in [2.24, 2.45) is 5.92 Å². The number of amides is 1. The molecule has 0 N–H and O–H groups in total. The van der Waals surface area contributed by atoms with E-state index < -0.39 is 4.92 Å². The lowest BCUT2D eigenvalue weighted by atomic mass is 9.61. The third kappa shape index (κ3) is 2.91. The number of benzene rings is 1. The summed E-state index contributed by atoms with van der Waals surface area (Å²) in [4.78, 5) is 29.4. The molecule has 27 heavy (non-hydrogen) atoms. The van der Waals surface area contributed by atoms with E-state index in [2.05, 4.69) is 17.1 Å². The molecule has 1 aliphatic carbocycles. The fourth-order valence-electron chi connectivity index (χ4n) is 4.84.